The first kappa shape index (κ1) is 21.4. The molecule has 0 bridgehead atoms. The Morgan fingerprint density at radius 1 is 1.23 bits per heavy atom. The van der Waals surface area contributed by atoms with Crippen LogP contribution in [-0.2, 0) is 14.8 Å². The lowest BCUT2D eigenvalue weighted by Gasteiger charge is -2.27. The SMILES string of the molecule is Cc1c(N(CC(=O)NC[C@@H]2COc3ccccc3O2)S(C)(=O)=O)cccc1[N+](=O)[O-]. The summed E-state index contributed by atoms with van der Waals surface area (Å²) in [6, 6.07) is 11.2. The predicted octanol–water partition coefficient (Wildman–Crippen LogP) is 1.63. The van der Waals surface area contributed by atoms with Crippen LogP contribution in [0.15, 0.2) is 42.5 Å². The minimum Gasteiger partial charge on any atom is -0.486 e. The molecule has 0 radical (unpaired) electrons. The van der Waals surface area contributed by atoms with Gasteiger partial charge in [-0.1, -0.05) is 18.2 Å². The second-order valence-electron chi connectivity index (χ2n) is 6.75. The second-order valence-corrected chi connectivity index (χ2v) is 8.66. The Balaban J connectivity index is 1.69. The summed E-state index contributed by atoms with van der Waals surface area (Å²) >= 11 is 0. The average Bonchev–Trinajstić information content (AvgIpc) is 2.69. The number of ether oxygens (including phenoxy) is 2. The maximum atomic E-state index is 12.4. The lowest BCUT2D eigenvalue weighted by atomic mass is 10.1. The molecule has 0 aliphatic carbocycles. The van der Waals surface area contributed by atoms with Gasteiger partial charge in [-0.2, -0.15) is 0 Å². The molecule has 1 heterocycles. The van der Waals surface area contributed by atoms with E-state index in [-0.39, 0.29) is 30.1 Å². The molecule has 0 unspecified atom stereocenters. The van der Waals surface area contributed by atoms with Gasteiger partial charge < -0.3 is 14.8 Å². The Hall–Kier alpha value is -3.34. The van der Waals surface area contributed by atoms with E-state index in [1.165, 1.54) is 25.1 Å². The van der Waals surface area contributed by atoms with Crippen LogP contribution in [0.25, 0.3) is 0 Å². The van der Waals surface area contributed by atoms with Gasteiger partial charge in [0.15, 0.2) is 11.5 Å². The number of carbonyl (C=O) groups excluding carboxylic acids is 1. The highest BCUT2D eigenvalue weighted by molar-refractivity contribution is 7.92. The fourth-order valence-corrected chi connectivity index (χ4v) is 3.95. The van der Waals surface area contributed by atoms with Crippen molar-refractivity contribution in [1.29, 1.82) is 0 Å². The number of sulfonamides is 1. The zero-order valence-electron chi connectivity index (χ0n) is 16.4. The van der Waals surface area contributed by atoms with E-state index in [1.807, 2.05) is 6.07 Å². The highest BCUT2D eigenvalue weighted by atomic mass is 32.2. The van der Waals surface area contributed by atoms with E-state index in [0.29, 0.717) is 11.5 Å². The first-order valence-corrected chi connectivity index (χ1v) is 10.9. The highest BCUT2D eigenvalue weighted by Crippen LogP contribution is 2.31. The fourth-order valence-electron chi connectivity index (χ4n) is 3.04. The summed E-state index contributed by atoms with van der Waals surface area (Å²) in [5, 5.41) is 13.8. The monoisotopic (exact) mass is 435 g/mol. The predicted molar refractivity (Wildman–Crippen MR) is 109 cm³/mol. The van der Waals surface area contributed by atoms with Crippen LogP contribution in [0.5, 0.6) is 11.5 Å². The summed E-state index contributed by atoms with van der Waals surface area (Å²) in [6.45, 7) is 1.26. The number of fused-ring (bicyclic) bond motifs is 1. The van der Waals surface area contributed by atoms with Crippen LogP contribution in [0.4, 0.5) is 11.4 Å². The third-order valence-electron chi connectivity index (χ3n) is 4.52. The molecule has 1 aliphatic rings. The number of para-hydroxylation sites is 2. The molecule has 30 heavy (non-hydrogen) atoms. The number of amides is 1. The molecule has 1 N–H and O–H groups in total. The summed E-state index contributed by atoms with van der Waals surface area (Å²) < 4.78 is 36.7. The van der Waals surface area contributed by atoms with Crippen LogP contribution in [0.1, 0.15) is 5.56 Å². The van der Waals surface area contributed by atoms with E-state index in [9.17, 15) is 23.3 Å². The molecule has 0 saturated heterocycles. The summed E-state index contributed by atoms with van der Waals surface area (Å²) in [6.07, 6.45) is 0.503. The Labute approximate surface area is 173 Å². The number of anilines is 1. The largest absolute Gasteiger partial charge is 0.486 e. The number of carbonyl (C=O) groups is 1. The summed E-state index contributed by atoms with van der Waals surface area (Å²) in [5.41, 5.74) is 0.00218. The quantitative estimate of drug-likeness (QED) is 0.517. The molecular formula is C19H21N3O7S. The maximum absolute atomic E-state index is 12.4. The van der Waals surface area contributed by atoms with Gasteiger partial charge in [0.1, 0.15) is 19.3 Å². The molecule has 1 aliphatic heterocycles. The van der Waals surface area contributed by atoms with Crippen molar-refractivity contribution in [2.45, 2.75) is 13.0 Å². The zero-order chi connectivity index (χ0) is 21.9. The summed E-state index contributed by atoms with van der Waals surface area (Å²) in [4.78, 5) is 23.0. The molecule has 1 atom stereocenters. The van der Waals surface area contributed by atoms with Gasteiger partial charge in [0.25, 0.3) is 5.69 Å². The molecular weight excluding hydrogens is 414 g/mol. The van der Waals surface area contributed by atoms with Crippen molar-refractivity contribution in [3.8, 4) is 11.5 Å². The number of nitrogens with zero attached hydrogens (tertiary/aromatic N) is 2. The molecule has 0 saturated carbocycles. The number of hydrogen-bond donors (Lipinski definition) is 1. The van der Waals surface area contributed by atoms with Crippen molar-refractivity contribution in [1.82, 2.24) is 5.32 Å². The minimum atomic E-state index is -3.87. The van der Waals surface area contributed by atoms with E-state index in [4.69, 9.17) is 9.47 Å². The van der Waals surface area contributed by atoms with Gasteiger partial charge in [-0.3, -0.25) is 19.2 Å². The number of hydrogen-bond acceptors (Lipinski definition) is 7. The van der Waals surface area contributed by atoms with E-state index >= 15 is 0 Å². The summed E-state index contributed by atoms with van der Waals surface area (Å²) in [5.74, 6) is 0.603. The molecule has 1 amide bonds. The molecule has 2 aromatic carbocycles. The van der Waals surface area contributed by atoms with Gasteiger partial charge in [0.2, 0.25) is 15.9 Å². The van der Waals surface area contributed by atoms with Gasteiger partial charge in [0.05, 0.1) is 29.0 Å². The molecule has 0 spiro atoms. The van der Waals surface area contributed by atoms with Crippen molar-refractivity contribution in [2.24, 2.45) is 0 Å². The standard InChI is InChI=1S/C19H21N3O7S/c1-13-15(6-5-7-16(13)22(24)25)21(30(2,26)27)11-19(23)20-10-14-12-28-17-8-3-4-9-18(17)29-14/h3-9,14H,10-12H2,1-2H3,(H,20,23)/t14-/m1/s1. The number of benzene rings is 2. The van der Waals surface area contributed by atoms with Crippen LogP contribution in [0.2, 0.25) is 0 Å². The molecule has 11 heteroatoms. The first-order valence-electron chi connectivity index (χ1n) is 9.03. The van der Waals surface area contributed by atoms with Gasteiger partial charge in [0, 0.05) is 6.07 Å². The summed E-state index contributed by atoms with van der Waals surface area (Å²) in [7, 11) is -3.87. The Morgan fingerprint density at radius 2 is 1.93 bits per heavy atom. The van der Waals surface area contributed by atoms with Gasteiger partial charge in [-0.15, -0.1) is 0 Å². The molecule has 3 rings (SSSR count). The second kappa shape index (κ2) is 8.57. The van der Waals surface area contributed by atoms with Gasteiger partial charge in [-0.05, 0) is 25.1 Å². The Kier molecular flexibility index (Phi) is 6.11. The Morgan fingerprint density at radius 3 is 2.60 bits per heavy atom. The van der Waals surface area contributed by atoms with Gasteiger partial charge >= 0.3 is 0 Å². The third-order valence-corrected chi connectivity index (χ3v) is 5.65. The van der Waals surface area contributed by atoms with Crippen molar-refractivity contribution >= 4 is 27.3 Å². The van der Waals surface area contributed by atoms with Gasteiger partial charge in [-0.25, -0.2) is 8.42 Å². The van der Waals surface area contributed by atoms with Crippen molar-refractivity contribution < 1.29 is 27.6 Å². The maximum Gasteiger partial charge on any atom is 0.274 e. The van der Waals surface area contributed by atoms with E-state index in [2.05, 4.69) is 5.32 Å². The minimum absolute atomic E-state index is 0.0769. The molecule has 2 aromatic rings. The van der Waals surface area contributed by atoms with E-state index in [1.54, 1.807) is 18.2 Å². The van der Waals surface area contributed by atoms with Crippen molar-refractivity contribution in [3.05, 3.63) is 58.1 Å². The number of nitro benzene ring substituents is 1. The lowest BCUT2D eigenvalue weighted by molar-refractivity contribution is -0.385. The Bertz CT molecular complexity index is 1070. The molecule has 0 aromatic heterocycles. The first-order chi connectivity index (χ1) is 14.2. The highest BCUT2D eigenvalue weighted by Gasteiger charge is 2.27. The van der Waals surface area contributed by atoms with E-state index < -0.39 is 33.5 Å². The number of rotatable bonds is 7. The van der Waals surface area contributed by atoms with Crippen LogP contribution in [-0.4, -0.2) is 51.3 Å². The fraction of sp³-hybridized carbons (Fsp3) is 0.316. The molecule has 0 fully saturated rings. The normalized spacial score (nSPS) is 15.3. The number of nitro groups is 1. The average molecular weight is 435 g/mol. The van der Waals surface area contributed by atoms with Crippen LogP contribution in [0, 0.1) is 17.0 Å². The van der Waals surface area contributed by atoms with Crippen LogP contribution < -0.4 is 19.1 Å². The van der Waals surface area contributed by atoms with Crippen molar-refractivity contribution in [2.75, 3.05) is 30.3 Å². The molecule has 160 valence electrons. The number of nitrogens with one attached hydrogen (secondary N) is 1. The van der Waals surface area contributed by atoms with Crippen molar-refractivity contribution in [3.63, 3.8) is 0 Å². The smallest absolute Gasteiger partial charge is 0.274 e. The topological polar surface area (TPSA) is 128 Å². The molecule has 10 nitrogen and oxygen atoms in total. The van der Waals surface area contributed by atoms with E-state index in [0.717, 1.165) is 10.6 Å². The third kappa shape index (κ3) is 4.79. The zero-order valence-corrected chi connectivity index (χ0v) is 17.2. The van der Waals surface area contributed by atoms with Crippen LogP contribution in [0.3, 0.4) is 0 Å². The van der Waals surface area contributed by atoms with Crippen LogP contribution >= 0.6 is 0 Å². The lowest BCUT2D eigenvalue weighted by Crippen LogP contribution is -2.45.